The Balaban J connectivity index is 1.37. The standard InChI is InChI=1S/C26H21ClN2O2/c27-25-12-5-4-7-20(25)18-31-24-11-6-8-19(17-24)26(30)29-23-15-13-22(14-16-23)28-21-9-2-1-3-10-21/h1-17,28H,18H2,(H,29,30). The highest BCUT2D eigenvalue weighted by Gasteiger charge is 2.08. The lowest BCUT2D eigenvalue weighted by Crippen LogP contribution is -2.12. The predicted molar refractivity (Wildman–Crippen MR) is 126 cm³/mol. The number of hydrogen-bond acceptors (Lipinski definition) is 3. The molecule has 0 aliphatic rings. The zero-order valence-electron chi connectivity index (χ0n) is 16.7. The molecule has 4 aromatic carbocycles. The summed E-state index contributed by atoms with van der Waals surface area (Å²) in [5.41, 5.74) is 4.07. The van der Waals surface area contributed by atoms with Crippen molar-refractivity contribution in [2.75, 3.05) is 10.6 Å². The maximum absolute atomic E-state index is 12.7. The van der Waals surface area contributed by atoms with Crippen molar-refractivity contribution in [1.82, 2.24) is 0 Å². The number of rotatable bonds is 7. The zero-order chi connectivity index (χ0) is 21.5. The first-order chi connectivity index (χ1) is 15.2. The molecule has 31 heavy (non-hydrogen) atoms. The molecule has 0 aromatic heterocycles. The van der Waals surface area contributed by atoms with Gasteiger partial charge in [0.05, 0.1) is 0 Å². The summed E-state index contributed by atoms with van der Waals surface area (Å²) < 4.78 is 5.81. The smallest absolute Gasteiger partial charge is 0.255 e. The average Bonchev–Trinajstić information content (AvgIpc) is 2.81. The molecule has 1 amide bonds. The molecule has 2 N–H and O–H groups in total. The van der Waals surface area contributed by atoms with Gasteiger partial charge in [-0.15, -0.1) is 0 Å². The van der Waals surface area contributed by atoms with Crippen LogP contribution in [-0.2, 0) is 6.61 Å². The Bertz CT molecular complexity index is 1160. The molecule has 4 nitrogen and oxygen atoms in total. The monoisotopic (exact) mass is 428 g/mol. The summed E-state index contributed by atoms with van der Waals surface area (Å²) in [6.45, 7) is 0.334. The third-order valence-electron chi connectivity index (χ3n) is 4.65. The first kappa shape index (κ1) is 20.5. The quantitative estimate of drug-likeness (QED) is 0.336. The lowest BCUT2D eigenvalue weighted by atomic mass is 10.2. The Morgan fingerprint density at radius 1 is 0.742 bits per heavy atom. The molecular formula is C26H21ClN2O2. The van der Waals surface area contributed by atoms with E-state index >= 15 is 0 Å². The van der Waals surface area contributed by atoms with Crippen molar-refractivity contribution in [3.8, 4) is 5.75 Å². The van der Waals surface area contributed by atoms with Crippen molar-refractivity contribution in [1.29, 1.82) is 0 Å². The minimum Gasteiger partial charge on any atom is -0.489 e. The van der Waals surface area contributed by atoms with Crippen LogP contribution in [0.15, 0.2) is 103 Å². The summed E-state index contributed by atoms with van der Waals surface area (Å²) in [7, 11) is 0. The van der Waals surface area contributed by atoms with Gasteiger partial charge < -0.3 is 15.4 Å². The van der Waals surface area contributed by atoms with E-state index in [1.165, 1.54) is 0 Å². The summed E-state index contributed by atoms with van der Waals surface area (Å²) in [6.07, 6.45) is 0. The van der Waals surface area contributed by atoms with Crippen molar-refractivity contribution in [2.24, 2.45) is 0 Å². The number of hydrogen-bond donors (Lipinski definition) is 2. The highest BCUT2D eigenvalue weighted by atomic mass is 35.5. The summed E-state index contributed by atoms with van der Waals surface area (Å²) in [5.74, 6) is 0.405. The van der Waals surface area contributed by atoms with Crippen molar-refractivity contribution >= 4 is 34.6 Å². The second-order valence-corrected chi connectivity index (χ2v) is 7.34. The Morgan fingerprint density at radius 3 is 2.19 bits per heavy atom. The Hall–Kier alpha value is -3.76. The molecule has 0 heterocycles. The van der Waals surface area contributed by atoms with Gasteiger partial charge in [-0.2, -0.15) is 0 Å². The van der Waals surface area contributed by atoms with Crippen LogP contribution in [0.5, 0.6) is 5.75 Å². The molecule has 0 aliphatic heterocycles. The van der Waals surface area contributed by atoms with Gasteiger partial charge in [0.25, 0.3) is 5.91 Å². The Kier molecular flexibility index (Phi) is 6.50. The lowest BCUT2D eigenvalue weighted by Gasteiger charge is -2.11. The number of carbonyl (C=O) groups is 1. The van der Waals surface area contributed by atoms with E-state index < -0.39 is 0 Å². The second-order valence-electron chi connectivity index (χ2n) is 6.93. The van der Waals surface area contributed by atoms with Crippen LogP contribution in [0.4, 0.5) is 17.1 Å². The van der Waals surface area contributed by atoms with Crippen molar-refractivity contribution in [2.45, 2.75) is 6.61 Å². The Morgan fingerprint density at radius 2 is 1.42 bits per heavy atom. The van der Waals surface area contributed by atoms with Crippen LogP contribution in [0.1, 0.15) is 15.9 Å². The first-order valence-corrected chi connectivity index (χ1v) is 10.2. The number of anilines is 3. The topological polar surface area (TPSA) is 50.4 Å². The van der Waals surface area contributed by atoms with Gasteiger partial charge in [-0.05, 0) is 60.7 Å². The van der Waals surface area contributed by atoms with Gasteiger partial charge in [-0.3, -0.25) is 4.79 Å². The van der Waals surface area contributed by atoms with Gasteiger partial charge in [0, 0.05) is 33.2 Å². The molecule has 0 fully saturated rings. The van der Waals surface area contributed by atoms with Crippen LogP contribution in [0, 0.1) is 0 Å². The van der Waals surface area contributed by atoms with E-state index in [0.717, 1.165) is 16.9 Å². The van der Waals surface area contributed by atoms with E-state index in [4.69, 9.17) is 16.3 Å². The summed E-state index contributed by atoms with van der Waals surface area (Å²) in [6, 6.07) is 32.1. The maximum Gasteiger partial charge on any atom is 0.255 e. The molecule has 0 saturated carbocycles. The van der Waals surface area contributed by atoms with Crippen LogP contribution < -0.4 is 15.4 Å². The zero-order valence-corrected chi connectivity index (χ0v) is 17.5. The lowest BCUT2D eigenvalue weighted by molar-refractivity contribution is 0.102. The predicted octanol–water partition coefficient (Wildman–Crippen LogP) is 6.91. The fraction of sp³-hybridized carbons (Fsp3) is 0.0385. The number of benzene rings is 4. The molecule has 4 aromatic rings. The van der Waals surface area contributed by atoms with E-state index in [1.807, 2.05) is 84.9 Å². The minimum absolute atomic E-state index is 0.202. The van der Waals surface area contributed by atoms with E-state index in [0.29, 0.717) is 28.6 Å². The van der Waals surface area contributed by atoms with E-state index in [-0.39, 0.29) is 5.91 Å². The van der Waals surface area contributed by atoms with Crippen LogP contribution in [0.2, 0.25) is 5.02 Å². The van der Waals surface area contributed by atoms with Crippen LogP contribution >= 0.6 is 11.6 Å². The molecule has 154 valence electrons. The second kappa shape index (κ2) is 9.83. The van der Waals surface area contributed by atoms with Gasteiger partial charge in [0.15, 0.2) is 0 Å². The Labute approximate surface area is 186 Å². The summed E-state index contributed by atoms with van der Waals surface area (Å²) in [5, 5.41) is 6.89. The first-order valence-electron chi connectivity index (χ1n) is 9.87. The van der Waals surface area contributed by atoms with Gasteiger partial charge >= 0.3 is 0 Å². The molecule has 0 atom stereocenters. The third-order valence-corrected chi connectivity index (χ3v) is 5.02. The minimum atomic E-state index is -0.202. The van der Waals surface area contributed by atoms with Crippen molar-refractivity contribution in [3.63, 3.8) is 0 Å². The van der Waals surface area contributed by atoms with Gasteiger partial charge in [0.2, 0.25) is 0 Å². The van der Waals surface area contributed by atoms with Crippen LogP contribution in [-0.4, -0.2) is 5.91 Å². The van der Waals surface area contributed by atoms with Crippen LogP contribution in [0.25, 0.3) is 0 Å². The number of para-hydroxylation sites is 1. The van der Waals surface area contributed by atoms with Gasteiger partial charge in [-0.25, -0.2) is 0 Å². The SMILES string of the molecule is O=C(Nc1ccc(Nc2ccccc2)cc1)c1cccc(OCc2ccccc2Cl)c1. The molecule has 4 rings (SSSR count). The molecule has 0 bridgehead atoms. The third kappa shape index (κ3) is 5.65. The van der Waals surface area contributed by atoms with Crippen molar-refractivity contribution < 1.29 is 9.53 Å². The molecule has 0 aliphatic carbocycles. The fourth-order valence-electron chi connectivity index (χ4n) is 3.03. The summed E-state index contributed by atoms with van der Waals surface area (Å²) >= 11 is 6.17. The average molecular weight is 429 g/mol. The molecule has 5 heteroatoms. The van der Waals surface area contributed by atoms with Crippen molar-refractivity contribution in [3.05, 3.63) is 119 Å². The van der Waals surface area contributed by atoms with Crippen LogP contribution in [0.3, 0.4) is 0 Å². The largest absolute Gasteiger partial charge is 0.489 e. The van der Waals surface area contributed by atoms with Gasteiger partial charge in [0.1, 0.15) is 12.4 Å². The van der Waals surface area contributed by atoms with E-state index in [9.17, 15) is 4.79 Å². The highest BCUT2D eigenvalue weighted by Crippen LogP contribution is 2.21. The number of amides is 1. The maximum atomic E-state index is 12.7. The molecule has 0 radical (unpaired) electrons. The number of carbonyl (C=O) groups excluding carboxylic acids is 1. The molecule has 0 unspecified atom stereocenters. The molecular weight excluding hydrogens is 408 g/mol. The molecule has 0 spiro atoms. The van der Waals surface area contributed by atoms with Gasteiger partial charge in [-0.1, -0.05) is 54.1 Å². The van der Waals surface area contributed by atoms with E-state index in [2.05, 4.69) is 10.6 Å². The van der Waals surface area contributed by atoms with E-state index in [1.54, 1.807) is 18.2 Å². The molecule has 0 saturated heterocycles. The number of ether oxygens (including phenoxy) is 1. The number of nitrogens with one attached hydrogen (secondary N) is 2. The summed E-state index contributed by atoms with van der Waals surface area (Å²) in [4.78, 5) is 12.7. The number of halogens is 1. The highest BCUT2D eigenvalue weighted by molar-refractivity contribution is 6.31. The normalized spacial score (nSPS) is 10.4. The fourth-order valence-corrected chi connectivity index (χ4v) is 3.22.